The Morgan fingerprint density at radius 1 is 1.69 bits per heavy atom. The summed E-state index contributed by atoms with van der Waals surface area (Å²) in [4.78, 5) is 11.7. The van der Waals surface area contributed by atoms with Gasteiger partial charge >= 0.3 is 0 Å². The summed E-state index contributed by atoms with van der Waals surface area (Å²) in [5.41, 5.74) is 0.157. The van der Waals surface area contributed by atoms with E-state index in [0.717, 1.165) is 6.07 Å². The van der Waals surface area contributed by atoms with E-state index in [9.17, 15) is 9.18 Å². The Balaban J connectivity index is 2.78. The first-order valence-electron chi connectivity index (χ1n) is 5.37. The lowest BCUT2D eigenvalue weighted by Crippen LogP contribution is -2.30. The zero-order valence-electron chi connectivity index (χ0n) is 10.2. The molecule has 0 fully saturated rings. The molecule has 1 aromatic rings. The number of benzene rings is 1. The molecule has 1 N–H and O–H groups in total. The minimum Gasteiger partial charge on any atom is -0.310 e. The van der Waals surface area contributed by atoms with Crippen LogP contribution in [0.4, 0.5) is 4.39 Å². The fourth-order valence-corrected chi connectivity index (χ4v) is 0.957. The standard InChI is InChI=1S/C10H12FNO/c1-7(12-2)10(13)8-4-3-5-9(11)6-8/h3-7,12H,1-2H3/i2+1D3. The lowest BCUT2D eigenvalue weighted by atomic mass is 10.1. The molecule has 13 heavy (non-hydrogen) atoms. The molecule has 0 bridgehead atoms. The van der Waals surface area contributed by atoms with E-state index in [1.807, 2.05) is 0 Å². The smallest absolute Gasteiger partial charge is 0.179 e. The number of nitrogens with one attached hydrogen (secondary N) is 1. The van der Waals surface area contributed by atoms with Gasteiger partial charge in [-0.05, 0) is 26.0 Å². The highest BCUT2D eigenvalue weighted by atomic mass is 19.1. The lowest BCUT2D eigenvalue weighted by Gasteiger charge is -2.08. The van der Waals surface area contributed by atoms with Gasteiger partial charge in [0.1, 0.15) is 5.82 Å². The maximum Gasteiger partial charge on any atom is 0.179 e. The summed E-state index contributed by atoms with van der Waals surface area (Å²) in [5.74, 6) is -0.970. The van der Waals surface area contributed by atoms with Gasteiger partial charge in [0, 0.05) is 9.68 Å². The Kier molecular flexibility index (Phi) is 2.00. The highest BCUT2D eigenvalue weighted by Gasteiger charge is 2.12. The summed E-state index contributed by atoms with van der Waals surface area (Å²) >= 11 is 0. The molecule has 0 spiro atoms. The normalized spacial score (nSPS) is 16.9. The third-order valence-corrected chi connectivity index (χ3v) is 1.72. The lowest BCUT2D eigenvalue weighted by molar-refractivity contribution is 0.0954. The van der Waals surface area contributed by atoms with Gasteiger partial charge in [-0.3, -0.25) is 4.79 Å². The van der Waals surface area contributed by atoms with Crippen molar-refractivity contribution in [2.24, 2.45) is 0 Å². The first-order chi connectivity index (χ1) is 7.29. The molecule has 0 saturated heterocycles. The number of carbonyl (C=O) groups excluding carboxylic acids is 1. The topological polar surface area (TPSA) is 29.1 Å². The number of hydrogen-bond acceptors (Lipinski definition) is 2. The van der Waals surface area contributed by atoms with Crippen LogP contribution in [0.2, 0.25) is 0 Å². The zero-order chi connectivity index (χ0) is 12.3. The van der Waals surface area contributed by atoms with Crippen molar-refractivity contribution in [3.8, 4) is 0 Å². The number of rotatable bonds is 3. The van der Waals surface area contributed by atoms with Gasteiger partial charge in [0.05, 0.1) is 6.04 Å². The highest BCUT2D eigenvalue weighted by molar-refractivity contribution is 5.99. The predicted octanol–water partition coefficient (Wildman–Crippen LogP) is 1.62. The monoisotopic (exact) mass is 185 g/mol. The van der Waals surface area contributed by atoms with Gasteiger partial charge in [-0.25, -0.2) is 4.39 Å². The fourth-order valence-electron chi connectivity index (χ4n) is 0.957. The number of likely N-dealkylation sites (N-methyl/N-ethyl adjacent to an activating group) is 1. The van der Waals surface area contributed by atoms with Crippen molar-refractivity contribution >= 4 is 5.78 Å². The molecule has 1 unspecified atom stereocenters. The van der Waals surface area contributed by atoms with Gasteiger partial charge in [0.25, 0.3) is 0 Å². The summed E-state index contributed by atoms with van der Waals surface area (Å²) in [6.07, 6.45) is 0. The molecule has 0 aliphatic rings. The Hall–Kier alpha value is -1.22. The molecule has 0 aliphatic heterocycles. The Labute approximate surface area is 81.0 Å². The maximum absolute atomic E-state index is 12.8. The summed E-state index contributed by atoms with van der Waals surface area (Å²) in [7, 11) is 0. The van der Waals surface area contributed by atoms with E-state index >= 15 is 0 Å². The summed E-state index contributed by atoms with van der Waals surface area (Å²) in [6.45, 7) is -0.956. The molecule has 0 aromatic heterocycles. The van der Waals surface area contributed by atoms with Crippen molar-refractivity contribution in [2.45, 2.75) is 13.0 Å². The van der Waals surface area contributed by atoms with Gasteiger partial charge in [-0.15, -0.1) is 0 Å². The highest BCUT2D eigenvalue weighted by Crippen LogP contribution is 2.06. The van der Waals surface area contributed by atoms with Crippen LogP contribution in [0.1, 0.15) is 21.4 Å². The van der Waals surface area contributed by atoms with E-state index in [-0.39, 0.29) is 5.56 Å². The van der Waals surface area contributed by atoms with E-state index in [1.165, 1.54) is 25.1 Å². The number of ketones is 1. The molecule has 0 heterocycles. The van der Waals surface area contributed by atoms with Crippen molar-refractivity contribution in [3.63, 3.8) is 0 Å². The molecular formula is C10H12FNO. The van der Waals surface area contributed by atoms with Gasteiger partial charge < -0.3 is 5.32 Å². The van der Waals surface area contributed by atoms with Gasteiger partial charge in [0.2, 0.25) is 0 Å². The minimum absolute atomic E-state index is 0.157. The van der Waals surface area contributed by atoms with Crippen molar-refractivity contribution in [3.05, 3.63) is 35.6 Å². The average molecular weight is 185 g/mol. The minimum atomic E-state index is -2.39. The third kappa shape index (κ3) is 2.36. The second kappa shape index (κ2) is 4.14. The summed E-state index contributed by atoms with van der Waals surface area (Å²) in [5, 5.41) is 2.16. The van der Waals surface area contributed by atoms with Crippen molar-refractivity contribution in [1.82, 2.24) is 5.32 Å². The number of carbonyl (C=O) groups is 1. The van der Waals surface area contributed by atoms with Crippen molar-refractivity contribution in [1.29, 1.82) is 0 Å². The quantitative estimate of drug-likeness (QED) is 0.572. The van der Waals surface area contributed by atoms with E-state index in [2.05, 4.69) is 5.32 Å². The van der Waals surface area contributed by atoms with Gasteiger partial charge in [-0.2, -0.15) is 0 Å². The molecule has 0 saturated carbocycles. The van der Waals surface area contributed by atoms with Crippen LogP contribution < -0.4 is 5.32 Å². The Morgan fingerprint density at radius 3 is 3.08 bits per heavy atom. The van der Waals surface area contributed by atoms with E-state index in [1.54, 1.807) is 0 Å². The molecule has 70 valence electrons. The Bertz CT molecular complexity index is 392. The fraction of sp³-hybridized carbons (Fsp3) is 0.300. The molecule has 0 amide bonds. The Morgan fingerprint density at radius 2 is 2.46 bits per heavy atom. The molecule has 0 aliphatic carbocycles. The van der Waals surface area contributed by atoms with Crippen LogP contribution >= 0.6 is 0 Å². The van der Waals surface area contributed by atoms with Crippen LogP contribution in [-0.4, -0.2) is 18.8 Å². The van der Waals surface area contributed by atoms with Crippen LogP contribution in [0.3, 0.4) is 0 Å². The zero-order valence-corrected chi connectivity index (χ0v) is 7.17. The first-order valence-corrected chi connectivity index (χ1v) is 3.87. The number of halogens is 1. The van der Waals surface area contributed by atoms with Crippen LogP contribution in [0.25, 0.3) is 0 Å². The maximum atomic E-state index is 12.8. The predicted molar refractivity (Wildman–Crippen MR) is 49.3 cm³/mol. The van der Waals surface area contributed by atoms with Crippen molar-refractivity contribution in [2.75, 3.05) is 6.98 Å². The SMILES string of the molecule is [2H][13C]([2H])([2H])NC(C)C(=O)c1cccc(F)c1. The van der Waals surface area contributed by atoms with Crippen LogP contribution in [0, 0.1) is 5.82 Å². The van der Waals surface area contributed by atoms with Crippen LogP contribution in [-0.2, 0) is 0 Å². The molecule has 2 nitrogen and oxygen atoms in total. The second-order valence-corrected chi connectivity index (χ2v) is 2.74. The first kappa shape index (κ1) is 6.27. The second-order valence-electron chi connectivity index (χ2n) is 2.74. The molecule has 1 atom stereocenters. The molecule has 3 heteroatoms. The van der Waals surface area contributed by atoms with E-state index in [4.69, 9.17) is 4.11 Å². The van der Waals surface area contributed by atoms with E-state index < -0.39 is 24.6 Å². The third-order valence-electron chi connectivity index (χ3n) is 1.72. The van der Waals surface area contributed by atoms with E-state index in [0.29, 0.717) is 0 Å². The molecule has 1 rings (SSSR count). The largest absolute Gasteiger partial charge is 0.310 e. The number of hydrogen-bond donors (Lipinski definition) is 1. The van der Waals surface area contributed by atoms with Gasteiger partial charge in [0.15, 0.2) is 5.78 Å². The summed E-state index contributed by atoms with van der Waals surface area (Å²) < 4.78 is 33.7. The van der Waals surface area contributed by atoms with Gasteiger partial charge in [-0.1, -0.05) is 12.1 Å². The average Bonchev–Trinajstić information content (AvgIpc) is 2.14. The number of Topliss-reactive ketones (excluding diaryl/α,β-unsaturated/α-hetero) is 1. The molecule has 1 aromatic carbocycles. The van der Waals surface area contributed by atoms with Crippen LogP contribution in [0.15, 0.2) is 24.3 Å². The van der Waals surface area contributed by atoms with Crippen molar-refractivity contribution < 1.29 is 13.3 Å². The van der Waals surface area contributed by atoms with Crippen LogP contribution in [0.5, 0.6) is 0 Å². The molecular weight excluding hydrogens is 170 g/mol. The summed E-state index contributed by atoms with van der Waals surface area (Å²) in [6, 6.07) is 4.28. The molecule has 0 radical (unpaired) electrons.